The molecule has 0 spiro atoms. The van der Waals surface area contributed by atoms with Crippen molar-refractivity contribution in [2.45, 2.75) is 12.8 Å². The van der Waals surface area contributed by atoms with Gasteiger partial charge in [-0.3, -0.25) is 20.6 Å². The first-order valence-electron chi connectivity index (χ1n) is 5.72. The SMILES string of the molecule is O=C(Cc1ccccc1)NNC1=NCCCN1. The van der Waals surface area contributed by atoms with E-state index >= 15 is 0 Å². The molecule has 5 heteroatoms. The lowest BCUT2D eigenvalue weighted by atomic mass is 10.1. The summed E-state index contributed by atoms with van der Waals surface area (Å²) in [6, 6.07) is 9.62. The lowest BCUT2D eigenvalue weighted by Crippen LogP contribution is -2.50. The highest BCUT2D eigenvalue weighted by molar-refractivity contribution is 5.85. The summed E-state index contributed by atoms with van der Waals surface area (Å²) in [4.78, 5) is 15.8. The van der Waals surface area contributed by atoms with Crippen molar-refractivity contribution in [3.05, 3.63) is 35.9 Å². The van der Waals surface area contributed by atoms with Gasteiger partial charge in [-0.1, -0.05) is 30.3 Å². The van der Waals surface area contributed by atoms with Crippen LogP contribution in [0.3, 0.4) is 0 Å². The van der Waals surface area contributed by atoms with Gasteiger partial charge in [0.05, 0.1) is 6.42 Å². The standard InChI is InChI=1S/C12H16N4O/c17-11(9-10-5-2-1-3-6-10)15-16-12-13-7-4-8-14-12/h1-3,5-6H,4,7-9H2,(H,15,17)(H2,13,14,16). The number of benzene rings is 1. The molecular formula is C12H16N4O. The lowest BCUT2D eigenvalue weighted by molar-refractivity contribution is -0.121. The summed E-state index contributed by atoms with van der Waals surface area (Å²) < 4.78 is 0. The molecule has 1 aromatic carbocycles. The van der Waals surface area contributed by atoms with Crippen molar-refractivity contribution in [1.29, 1.82) is 0 Å². The lowest BCUT2D eigenvalue weighted by Gasteiger charge is -2.16. The number of aliphatic imine (C=N–C) groups is 1. The second kappa shape index (κ2) is 5.89. The number of amides is 1. The maximum Gasteiger partial charge on any atom is 0.242 e. The minimum Gasteiger partial charge on any atom is -0.355 e. The number of guanidine groups is 1. The molecular weight excluding hydrogens is 216 g/mol. The summed E-state index contributed by atoms with van der Waals surface area (Å²) in [5.41, 5.74) is 6.39. The Balaban J connectivity index is 1.76. The van der Waals surface area contributed by atoms with Gasteiger partial charge in [0, 0.05) is 13.1 Å². The molecule has 0 aromatic heterocycles. The average molecular weight is 232 g/mol. The van der Waals surface area contributed by atoms with Crippen LogP contribution in [-0.4, -0.2) is 25.0 Å². The zero-order chi connectivity index (χ0) is 11.9. The van der Waals surface area contributed by atoms with E-state index in [-0.39, 0.29) is 5.91 Å². The van der Waals surface area contributed by atoms with E-state index in [4.69, 9.17) is 0 Å². The van der Waals surface area contributed by atoms with E-state index in [1.165, 1.54) is 0 Å². The molecule has 90 valence electrons. The van der Waals surface area contributed by atoms with Gasteiger partial charge < -0.3 is 5.32 Å². The van der Waals surface area contributed by atoms with Crippen LogP contribution in [0.15, 0.2) is 35.3 Å². The van der Waals surface area contributed by atoms with Crippen LogP contribution in [0.4, 0.5) is 0 Å². The van der Waals surface area contributed by atoms with E-state index in [1.807, 2.05) is 30.3 Å². The third-order valence-electron chi connectivity index (χ3n) is 2.43. The predicted molar refractivity (Wildman–Crippen MR) is 66.3 cm³/mol. The molecule has 1 amide bonds. The fourth-order valence-electron chi connectivity index (χ4n) is 1.57. The van der Waals surface area contributed by atoms with Gasteiger partial charge in [-0.2, -0.15) is 0 Å². The van der Waals surface area contributed by atoms with Crippen LogP contribution in [0.1, 0.15) is 12.0 Å². The summed E-state index contributed by atoms with van der Waals surface area (Å²) >= 11 is 0. The normalized spacial score (nSPS) is 14.5. The number of rotatable bonds is 2. The first-order chi connectivity index (χ1) is 8.34. The highest BCUT2D eigenvalue weighted by Gasteiger charge is 2.05. The Bertz CT molecular complexity index is 402. The fraction of sp³-hybridized carbons (Fsp3) is 0.333. The molecule has 1 heterocycles. The summed E-state index contributed by atoms with van der Waals surface area (Å²) in [6.07, 6.45) is 1.39. The smallest absolute Gasteiger partial charge is 0.242 e. The Labute approximate surface area is 100 Å². The molecule has 0 saturated heterocycles. The number of nitrogens with one attached hydrogen (secondary N) is 3. The van der Waals surface area contributed by atoms with E-state index in [1.54, 1.807) is 0 Å². The predicted octanol–water partition coefficient (Wildman–Crippen LogP) is 0.199. The first kappa shape index (κ1) is 11.4. The van der Waals surface area contributed by atoms with E-state index in [0.717, 1.165) is 25.1 Å². The maximum absolute atomic E-state index is 11.6. The third-order valence-corrected chi connectivity index (χ3v) is 2.43. The average Bonchev–Trinajstić information content (AvgIpc) is 2.39. The second-order valence-corrected chi connectivity index (χ2v) is 3.85. The molecule has 0 bridgehead atoms. The number of hydrogen-bond donors (Lipinski definition) is 3. The minimum absolute atomic E-state index is 0.0775. The highest BCUT2D eigenvalue weighted by Crippen LogP contribution is 1.98. The molecule has 0 aliphatic carbocycles. The Morgan fingerprint density at radius 2 is 2.18 bits per heavy atom. The summed E-state index contributed by atoms with van der Waals surface area (Å²) in [7, 11) is 0. The summed E-state index contributed by atoms with van der Waals surface area (Å²) in [5.74, 6) is 0.559. The number of hydrazine groups is 1. The van der Waals surface area contributed by atoms with Gasteiger partial charge in [-0.15, -0.1) is 0 Å². The van der Waals surface area contributed by atoms with Crippen LogP contribution in [0, 0.1) is 0 Å². The third kappa shape index (κ3) is 3.79. The molecule has 0 radical (unpaired) electrons. The van der Waals surface area contributed by atoms with Crippen LogP contribution in [-0.2, 0) is 11.2 Å². The number of carbonyl (C=O) groups is 1. The Kier molecular flexibility index (Phi) is 3.96. The Morgan fingerprint density at radius 1 is 1.35 bits per heavy atom. The van der Waals surface area contributed by atoms with E-state index in [0.29, 0.717) is 12.4 Å². The van der Waals surface area contributed by atoms with E-state index < -0.39 is 0 Å². The zero-order valence-corrected chi connectivity index (χ0v) is 9.57. The van der Waals surface area contributed by atoms with Crippen molar-refractivity contribution in [2.75, 3.05) is 13.1 Å². The second-order valence-electron chi connectivity index (χ2n) is 3.85. The molecule has 0 fully saturated rings. The fourth-order valence-corrected chi connectivity index (χ4v) is 1.57. The molecule has 5 nitrogen and oxygen atoms in total. The van der Waals surface area contributed by atoms with Gasteiger partial charge in [0.2, 0.25) is 11.9 Å². The van der Waals surface area contributed by atoms with Gasteiger partial charge in [0.25, 0.3) is 0 Å². The van der Waals surface area contributed by atoms with Crippen molar-refractivity contribution in [2.24, 2.45) is 4.99 Å². The molecule has 2 rings (SSSR count). The van der Waals surface area contributed by atoms with E-state index in [9.17, 15) is 4.79 Å². The molecule has 1 aliphatic rings. The Hall–Kier alpha value is -2.04. The van der Waals surface area contributed by atoms with Crippen molar-refractivity contribution in [3.63, 3.8) is 0 Å². The summed E-state index contributed by atoms with van der Waals surface area (Å²) in [6.45, 7) is 1.68. The number of hydrogen-bond acceptors (Lipinski definition) is 4. The number of nitrogens with zero attached hydrogens (tertiary/aromatic N) is 1. The molecule has 0 atom stereocenters. The number of carbonyl (C=O) groups excluding carboxylic acids is 1. The van der Waals surface area contributed by atoms with Crippen molar-refractivity contribution >= 4 is 11.9 Å². The quantitative estimate of drug-likeness (QED) is 0.638. The minimum atomic E-state index is -0.0775. The molecule has 0 unspecified atom stereocenters. The largest absolute Gasteiger partial charge is 0.355 e. The topological polar surface area (TPSA) is 65.5 Å². The van der Waals surface area contributed by atoms with Crippen LogP contribution in [0.2, 0.25) is 0 Å². The van der Waals surface area contributed by atoms with Crippen molar-refractivity contribution in [3.8, 4) is 0 Å². The van der Waals surface area contributed by atoms with Crippen LogP contribution < -0.4 is 16.2 Å². The highest BCUT2D eigenvalue weighted by atomic mass is 16.2. The van der Waals surface area contributed by atoms with Crippen molar-refractivity contribution in [1.82, 2.24) is 16.2 Å². The molecule has 0 saturated carbocycles. The van der Waals surface area contributed by atoms with Crippen LogP contribution in [0.25, 0.3) is 0 Å². The molecule has 3 N–H and O–H groups in total. The summed E-state index contributed by atoms with van der Waals surface area (Å²) in [5, 5.41) is 3.06. The molecule has 1 aliphatic heterocycles. The monoisotopic (exact) mass is 232 g/mol. The first-order valence-corrected chi connectivity index (χ1v) is 5.72. The van der Waals surface area contributed by atoms with Gasteiger partial charge in [0.15, 0.2) is 0 Å². The van der Waals surface area contributed by atoms with Gasteiger partial charge in [0.1, 0.15) is 0 Å². The van der Waals surface area contributed by atoms with Gasteiger partial charge in [-0.25, -0.2) is 0 Å². The zero-order valence-electron chi connectivity index (χ0n) is 9.57. The molecule has 1 aromatic rings. The van der Waals surface area contributed by atoms with Crippen molar-refractivity contribution < 1.29 is 4.79 Å². The van der Waals surface area contributed by atoms with Crippen LogP contribution >= 0.6 is 0 Å². The van der Waals surface area contributed by atoms with E-state index in [2.05, 4.69) is 21.2 Å². The Morgan fingerprint density at radius 3 is 2.88 bits per heavy atom. The molecule has 17 heavy (non-hydrogen) atoms. The van der Waals surface area contributed by atoms with Gasteiger partial charge in [-0.05, 0) is 12.0 Å². The van der Waals surface area contributed by atoms with Crippen LogP contribution in [0.5, 0.6) is 0 Å². The van der Waals surface area contributed by atoms with Gasteiger partial charge >= 0.3 is 0 Å². The maximum atomic E-state index is 11.6.